The van der Waals surface area contributed by atoms with Gasteiger partial charge in [-0.2, -0.15) is 0 Å². The van der Waals surface area contributed by atoms with Crippen molar-refractivity contribution in [3.63, 3.8) is 0 Å². The smallest absolute Gasteiger partial charge is 0.0230 e. The van der Waals surface area contributed by atoms with Gasteiger partial charge in [0.15, 0.2) is 0 Å². The minimum atomic E-state index is 0.950. The third kappa shape index (κ3) is 2.76. The van der Waals surface area contributed by atoms with E-state index >= 15 is 0 Å². The number of benzene rings is 1. The van der Waals surface area contributed by atoms with E-state index in [1.807, 2.05) is 0 Å². The van der Waals surface area contributed by atoms with Crippen LogP contribution < -0.4 is 5.32 Å². The summed E-state index contributed by atoms with van der Waals surface area (Å²) in [6, 6.07) is 6.99. The molecule has 1 fully saturated rings. The van der Waals surface area contributed by atoms with Gasteiger partial charge in [0.05, 0.1) is 0 Å². The third-order valence-electron chi connectivity index (χ3n) is 4.40. The van der Waals surface area contributed by atoms with Crippen LogP contribution in [0.5, 0.6) is 0 Å². The van der Waals surface area contributed by atoms with Gasteiger partial charge in [-0.1, -0.05) is 31.0 Å². The Bertz CT molecular complexity index is 408. The van der Waals surface area contributed by atoms with E-state index in [1.54, 1.807) is 0 Å². The molecular formula is C16H24N2. The molecule has 0 bridgehead atoms. The third-order valence-corrected chi connectivity index (χ3v) is 4.40. The first kappa shape index (κ1) is 12.2. The molecule has 1 saturated carbocycles. The maximum Gasteiger partial charge on any atom is 0.0230 e. The second kappa shape index (κ2) is 5.41. The Morgan fingerprint density at radius 3 is 2.78 bits per heavy atom. The van der Waals surface area contributed by atoms with Crippen LogP contribution in [0.1, 0.15) is 42.4 Å². The Hall–Kier alpha value is -0.860. The fourth-order valence-corrected chi connectivity index (χ4v) is 3.46. The second-order valence-corrected chi connectivity index (χ2v) is 6.05. The molecule has 1 heterocycles. The number of rotatable bonds is 4. The Kier molecular flexibility index (Phi) is 3.67. The predicted molar refractivity (Wildman–Crippen MR) is 75.3 cm³/mol. The van der Waals surface area contributed by atoms with Crippen LogP contribution in [-0.2, 0) is 19.6 Å². The normalized spacial score (nSPS) is 19.7. The molecule has 0 aromatic heterocycles. The van der Waals surface area contributed by atoms with E-state index in [-0.39, 0.29) is 0 Å². The van der Waals surface area contributed by atoms with Crippen LogP contribution in [-0.4, -0.2) is 18.5 Å². The first-order valence-electron chi connectivity index (χ1n) is 7.31. The van der Waals surface area contributed by atoms with E-state index in [0.29, 0.717) is 0 Å². The topological polar surface area (TPSA) is 15.3 Å². The van der Waals surface area contributed by atoms with Crippen molar-refractivity contribution in [1.29, 1.82) is 0 Å². The van der Waals surface area contributed by atoms with Crippen LogP contribution in [0.4, 0.5) is 0 Å². The van der Waals surface area contributed by atoms with Crippen molar-refractivity contribution in [3.8, 4) is 0 Å². The van der Waals surface area contributed by atoms with Crippen LogP contribution in [0.2, 0.25) is 0 Å². The number of nitrogens with zero attached hydrogens (tertiary/aromatic N) is 1. The average Bonchev–Trinajstić information content (AvgIpc) is 2.98. The summed E-state index contributed by atoms with van der Waals surface area (Å²) in [5.41, 5.74) is 4.46. The molecule has 1 aliphatic heterocycles. The second-order valence-electron chi connectivity index (χ2n) is 6.05. The van der Waals surface area contributed by atoms with Gasteiger partial charge in [-0.05, 0) is 42.5 Å². The summed E-state index contributed by atoms with van der Waals surface area (Å²) in [6.07, 6.45) is 5.78. The number of fused-ring (bicyclic) bond motifs is 1. The molecule has 0 amide bonds. The summed E-state index contributed by atoms with van der Waals surface area (Å²) in [7, 11) is 2.27. The van der Waals surface area contributed by atoms with Crippen molar-refractivity contribution in [2.24, 2.45) is 5.92 Å². The van der Waals surface area contributed by atoms with Crippen LogP contribution in [0.15, 0.2) is 18.2 Å². The summed E-state index contributed by atoms with van der Waals surface area (Å²) < 4.78 is 0. The largest absolute Gasteiger partial charge is 0.309 e. The molecule has 2 aliphatic rings. The molecular weight excluding hydrogens is 220 g/mol. The van der Waals surface area contributed by atoms with E-state index < -0.39 is 0 Å². The molecule has 1 aromatic carbocycles. The SMILES string of the molecule is CN(Cc1ccc2c(c1)CNC2)CC1CCCC1. The van der Waals surface area contributed by atoms with Gasteiger partial charge in [0.2, 0.25) is 0 Å². The molecule has 0 radical (unpaired) electrons. The highest BCUT2D eigenvalue weighted by molar-refractivity contribution is 5.34. The number of nitrogens with one attached hydrogen (secondary N) is 1. The highest BCUT2D eigenvalue weighted by Gasteiger charge is 2.17. The van der Waals surface area contributed by atoms with E-state index in [9.17, 15) is 0 Å². The Labute approximate surface area is 110 Å². The molecule has 1 aromatic rings. The molecule has 18 heavy (non-hydrogen) atoms. The van der Waals surface area contributed by atoms with E-state index in [2.05, 4.69) is 35.5 Å². The van der Waals surface area contributed by atoms with Gasteiger partial charge in [-0.15, -0.1) is 0 Å². The van der Waals surface area contributed by atoms with Gasteiger partial charge >= 0.3 is 0 Å². The van der Waals surface area contributed by atoms with E-state index in [0.717, 1.165) is 25.6 Å². The standard InChI is InChI=1S/C16H24N2/c1-18(11-13-4-2-3-5-13)12-14-6-7-15-9-17-10-16(15)8-14/h6-8,13,17H,2-5,9-12H2,1H3. The Balaban J connectivity index is 1.58. The van der Waals surface area contributed by atoms with E-state index in [4.69, 9.17) is 0 Å². The molecule has 0 unspecified atom stereocenters. The first-order chi connectivity index (χ1) is 8.81. The van der Waals surface area contributed by atoms with Crippen molar-refractivity contribution in [1.82, 2.24) is 10.2 Å². The van der Waals surface area contributed by atoms with Gasteiger partial charge in [-0.3, -0.25) is 0 Å². The first-order valence-corrected chi connectivity index (χ1v) is 7.31. The quantitative estimate of drug-likeness (QED) is 0.876. The minimum absolute atomic E-state index is 0.950. The maximum atomic E-state index is 3.41. The molecule has 1 aliphatic carbocycles. The van der Waals surface area contributed by atoms with Gasteiger partial charge in [0, 0.05) is 26.2 Å². The monoisotopic (exact) mass is 244 g/mol. The lowest BCUT2D eigenvalue weighted by Gasteiger charge is -2.21. The van der Waals surface area contributed by atoms with Gasteiger partial charge in [0.25, 0.3) is 0 Å². The molecule has 3 rings (SSSR count). The summed E-state index contributed by atoms with van der Waals surface area (Å²) >= 11 is 0. The van der Waals surface area contributed by atoms with Gasteiger partial charge in [-0.25, -0.2) is 0 Å². The summed E-state index contributed by atoms with van der Waals surface area (Å²) in [6.45, 7) is 4.47. The number of hydrogen-bond donors (Lipinski definition) is 1. The van der Waals surface area contributed by atoms with Crippen LogP contribution >= 0.6 is 0 Å². The lowest BCUT2D eigenvalue weighted by molar-refractivity contribution is 0.271. The molecule has 0 spiro atoms. The average molecular weight is 244 g/mol. The van der Waals surface area contributed by atoms with Crippen molar-refractivity contribution in [3.05, 3.63) is 34.9 Å². The maximum absolute atomic E-state index is 3.41. The van der Waals surface area contributed by atoms with Crippen molar-refractivity contribution in [2.45, 2.75) is 45.3 Å². The lowest BCUT2D eigenvalue weighted by atomic mass is 10.0. The fraction of sp³-hybridized carbons (Fsp3) is 0.625. The lowest BCUT2D eigenvalue weighted by Crippen LogP contribution is -2.24. The highest BCUT2D eigenvalue weighted by Crippen LogP contribution is 2.25. The molecule has 0 saturated heterocycles. The Morgan fingerprint density at radius 1 is 1.17 bits per heavy atom. The summed E-state index contributed by atoms with van der Waals surface area (Å²) in [4.78, 5) is 2.50. The minimum Gasteiger partial charge on any atom is -0.309 e. The zero-order chi connectivity index (χ0) is 12.4. The van der Waals surface area contributed by atoms with Crippen molar-refractivity contribution >= 4 is 0 Å². The summed E-state index contributed by atoms with van der Waals surface area (Å²) in [5, 5.41) is 3.41. The van der Waals surface area contributed by atoms with Crippen LogP contribution in [0.3, 0.4) is 0 Å². The van der Waals surface area contributed by atoms with Crippen LogP contribution in [0.25, 0.3) is 0 Å². The van der Waals surface area contributed by atoms with E-state index in [1.165, 1.54) is 48.9 Å². The molecule has 2 heteroatoms. The predicted octanol–water partition coefficient (Wildman–Crippen LogP) is 2.91. The fourth-order valence-electron chi connectivity index (χ4n) is 3.46. The Morgan fingerprint density at radius 2 is 1.94 bits per heavy atom. The molecule has 0 atom stereocenters. The molecule has 2 nitrogen and oxygen atoms in total. The zero-order valence-electron chi connectivity index (χ0n) is 11.4. The van der Waals surface area contributed by atoms with Crippen LogP contribution in [0, 0.1) is 5.92 Å². The molecule has 1 N–H and O–H groups in total. The van der Waals surface area contributed by atoms with Crippen molar-refractivity contribution in [2.75, 3.05) is 13.6 Å². The zero-order valence-corrected chi connectivity index (χ0v) is 11.4. The van der Waals surface area contributed by atoms with Gasteiger partial charge in [0.1, 0.15) is 0 Å². The number of hydrogen-bond acceptors (Lipinski definition) is 2. The van der Waals surface area contributed by atoms with Gasteiger partial charge < -0.3 is 10.2 Å². The summed E-state index contributed by atoms with van der Waals surface area (Å²) in [5.74, 6) is 0.950. The van der Waals surface area contributed by atoms with Crippen molar-refractivity contribution < 1.29 is 0 Å². The molecule has 98 valence electrons. The highest BCUT2D eigenvalue weighted by atomic mass is 15.1.